The number of ether oxygens (including phenoxy) is 1. The van der Waals surface area contributed by atoms with Crippen molar-refractivity contribution >= 4 is 18.3 Å². The van der Waals surface area contributed by atoms with E-state index in [4.69, 9.17) is 4.74 Å². The lowest BCUT2D eigenvalue weighted by atomic mass is 10.2. The first kappa shape index (κ1) is 15.8. The highest BCUT2D eigenvalue weighted by Crippen LogP contribution is 2.17. The molecule has 0 aliphatic carbocycles. The van der Waals surface area contributed by atoms with Crippen molar-refractivity contribution in [3.8, 4) is 5.75 Å². The van der Waals surface area contributed by atoms with Crippen molar-refractivity contribution in [1.29, 1.82) is 0 Å². The summed E-state index contributed by atoms with van der Waals surface area (Å²) in [6.45, 7) is 1.84. The predicted octanol–water partition coefficient (Wildman–Crippen LogP) is 1.70. The van der Waals surface area contributed by atoms with Gasteiger partial charge in [-0.3, -0.25) is 4.79 Å². The molecule has 1 heterocycles. The van der Waals surface area contributed by atoms with E-state index in [0.29, 0.717) is 6.04 Å². The number of halogens is 1. The summed E-state index contributed by atoms with van der Waals surface area (Å²) in [5.41, 5.74) is 0. The quantitative estimate of drug-likeness (QED) is 0.895. The van der Waals surface area contributed by atoms with Gasteiger partial charge in [-0.05, 0) is 32.0 Å². The summed E-state index contributed by atoms with van der Waals surface area (Å²) < 4.78 is 5.50. The Morgan fingerprint density at radius 3 is 2.84 bits per heavy atom. The van der Waals surface area contributed by atoms with Gasteiger partial charge in [0.2, 0.25) is 0 Å². The molecule has 1 unspecified atom stereocenters. The van der Waals surface area contributed by atoms with E-state index in [1.165, 1.54) is 0 Å². The number of carbonyl (C=O) groups is 1. The highest BCUT2D eigenvalue weighted by molar-refractivity contribution is 5.85. The molecular weight excluding hydrogens is 264 g/mol. The number of hydrogen-bond acceptors (Lipinski definition) is 3. The molecule has 1 aliphatic heterocycles. The molecule has 1 aliphatic rings. The maximum absolute atomic E-state index is 12.1. The Bertz CT molecular complexity index is 386. The van der Waals surface area contributed by atoms with E-state index in [1.54, 1.807) is 0 Å². The first-order valence-corrected chi connectivity index (χ1v) is 6.43. The molecule has 1 N–H and O–H groups in total. The number of likely N-dealkylation sites (N-methyl/N-ethyl adjacent to an activating group) is 1. The molecule has 1 atom stereocenters. The molecule has 1 fully saturated rings. The van der Waals surface area contributed by atoms with Crippen LogP contribution in [0.25, 0.3) is 0 Å². The monoisotopic (exact) mass is 284 g/mol. The van der Waals surface area contributed by atoms with Gasteiger partial charge in [0.1, 0.15) is 5.75 Å². The molecule has 5 heteroatoms. The van der Waals surface area contributed by atoms with E-state index in [1.807, 2.05) is 42.3 Å². The van der Waals surface area contributed by atoms with Gasteiger partial charge >= 0.3 is 0 Å². The van der Waals surface area contributed by atoms with Crippen LogP contribution in [-0.2, 0) is 4.79 Å². The Hall–Kier alpha value is -1.26. The molecule has 1 aromatic rings. The summed E-state index contributed by atoms with van der Waals surface area (Å²) >= 11 is 0. The second-order valence-corrected chi connectivity index (χ2v) is 4.54. The minimum atomic E-state index is 0. The van der Waals surface area contributed by atoms with Crippen molar-refractivity contribution in [3.63, 3.8) is 0 Å². The number of nitrogens with zero attached hydrogens (tertiary/aromatic N) is 1. The van der Waals surface area contributed by atoms with Crippen molar-refractivity contribution in [2.45, 2.75) is 18.9 Å². The minimum absolute atomic E-state index is 0. The number of likely N-dealkylation sites (tertiary alicyclic amines) is 1. The van der Waals surface area contributed by atoms with E-state index >= 15 is 0 Å². The van der Waals surface area contributed by atoms with Crippen LogP contribution >= 0.6 is 12.4 Å². The fourth-order valence-electron chi connectivity index (χ4n) is 2.36. The molecule has 1 amide bonds. The smallest absolute Gasteiger partial charge is 0.260 e. The van der Waals surface area contributed by atoms with Crippen LogP contribution < -0.4 is 10.1 Å². The van der Waals surface area contributed by atoms with E-state index in [2.05, 4.69) is 5.32 Å². The number of rotatable bonds is 5. The molecule has 19 heavy (non-hydrogen) atoms. The molecule has 0 bridgehead atoms. The molecule has 1 aromatic carbocycles. The Labute approximate surface area is 120 Å². The third-order valence-corrected chi connectivity index (χ3v) is 3.24. The zero-order valence-electron chi connectivity index (χ0n) is 11.2. The molecule has 0 aromatic heterocycles. The van der Waals surface area contributed by atoms with E-state index < -0.39 is 0 Å². The second kappa shape index (κ2) is 8.02. The number of hydrogen-bond donors (Lipinski definition) is 1. The summed E-state index contributed by atoms with van der Waals surface area (Å²) in [6.07, 6.45) is 2.17. The van der Waals surface area contributed by atoms with Crippen LogP contribution in [0, 0.1) is 0 Å². The molecule has 1 saturated heterocycles. The van der Waals surface area contributed by atoms with Crippen LogP contribution in [0.2, 0.25) is 0 Å². The number of para-hydroxylation sites is 1. The Balaban J connectivity index is 0.00000180. The lowest BCUT2D eigenvalue weighted by Gasteiger charge is -2.24. The molecule has 2 rings (SSSR count). The summed E-state index contributed by atoms with van der Waals surface area (Å²) in [5, 5.41) is 3.13. The molecule has 106 valence electrons. The van der Waals surface area contributed by atoms with Crippen molar-refractivity contribution < 1.29 is 9.53 Å². The highest BCUT2D eigenvalue weighted by atomic mass is 35.5. The van der Waals surface area contributed by atoms with E-state index in [9.17, 15) is 4.79 Å². The van der Waals surface area contributed by atoms with Crippen LogP contribution in [0.5, 0.6) is 5.75 Å². The van der Waals surface area contributed by atoms with Gasteiger partial charge < -0.3 is 15.0 Å². The maximum Gasteiger partial charge on any atom is 0.260 e. The average Bonchev–Trinajstić information content (AvgIpc) is 2.86. The zero-order chi connectivity index (χ0) is 12.8. The lowest BCUT2D eigenvalue weighted by molar-refractivity contribution is -0.134. The van der Waals surface area contributed by atoms with Gasteiger partial charge in [0.25, 0.3) is 5.91 Å². The van der Waals surface area contributed by atoms with Crippen molar-refractivity contribution in [1.82, 2.24) is 10.2 Å². The van der Waals surface area contributed by atoms with Gasteiger partial charge in [-0.1, -0.05) is 18.2 Å². The molecule has 0 spiro atoms. The predicted molar refractivity (Wildman–Crippen MR) is 77.8 cm³/mol. The number of carbonyl (C=O) groups excluding carboxylic acids is 1. The van der Waals surface area contributed by atoms with Crippen LogP contribution in [0.1, 0.15) is 12.8 Å². The minimum Gasteiger partial charge on any atom is -0.484 e. The summed E-state index contributed by atoms with van der Waals surface area (Å²) in [5.74, 6) is 0.826. The topological polar surface area (TPSA) is 41.6 Å². The molecule has 0 radical (unpaired) electrons. The number of benzene rings is 1. The number of nitrogens with one attached hydrogen (secondary N) is 1. The van der Waals surface area contributed by atoms with Crippen molar-refractivity contribution in [2.75, 3.05) is 26.7 Å². The Kier molecular flexibility index (Phi) is 6.67. The average molecular weight is 285 g/mol. The van der Waals surface area contributed by atoms with Crippen molar-refractivity contribution in [2.24, 2.45) is 0 Å². The van der Waals surface area contributed by atoms with Crippen LogP contribution in [0.15, 0.2) is 30.3 Å². The van der Waals surface area contributed by atoms with Gasteiger partial charge in [0, 0.05) is 19.1 Å². The molecule has 4 nitrogen and oxygen atoms in total. The Morgan fingerprint density at radius 1 is 1.42 bits per heavy atom. The standard InChI is InChI=1S/C14H20N2O2.ClH/c1-15-10-12-6-5-9-16(12)14(17)11-18-13-7-3-2-4-8-13;/h2-4,7-8,12,15H,5-6,9-11H2,1H3;1H. The normalized spacial score (nSPS) is 17.9. The second-order valence-electron chi connectivity index (χ2n) is 4.54. The zero-order valence-corrected chi connectivity index (χ0v) is 12.0. The van der Waals surface area contributed by atoms with Gasteiger partial charge in [0.05, 0.1) is 0 Å². The van der Waals surface area contributed by atoms with E-state index in [0.717, 1.165) is 31.7 Å². The first-order chi connectivity index (χ1) is 8.81. The summed E-state index contributed by atoms with van der Waals surface area (Å²) in [7, 11) is 1.92. The van der Waals surface area contributed by atoms with Crippen LogP contribution in [0.3, 0.4) is 0 Å². The summed E-state index contributed by atoms with van der Waals surface area (Å²) in [6, 6.07) is 9.78. The SMILES string of the molecule is CNCC1CCCN1C(=O)COc1ccccc1.Cl. The first-order valence-electron chi connectivity index (χ1n) is 6.43. The third-order valence-electron chi connectivity index (χ3n) is 3.24. The third kappa shape index (κ3) is 4.40. The molecule has 0 saturated carbocycles. The number of amides is 1. The van der Waals surface area contributed by atoms with Crippen LogP contribution in [-0.4, -0.2) is 43.6 Å². The molecular formula is C14H21ClN2O2. The van der Waals surface area contributed by atoms with Crippen molar-refractivity contribution in [3.05, 3.63) is 30.3 Å². The van der Waals surface area contributed by atoms with Crippen LogP contribution in [0.4, 0.5) is 0 Å². The fraction of sp³-hybridized carbons (Fsp3) is 0.500. The fourth-order valence-corrected chi connectivity index (χ4v) is 2.36. The largest absolute Gasteiger partial charge is 0.484 e. The van der Waals surface area contributed by atoms with Gasteiger partial charge in [-0.25, -0.2) is 0 Å². The highest BCUT2D eigenvalue weighted by Gasteiger charge is 2.28. The van der Waals surface area contributed by atoms with Gasteiger partial charge in [-0.2, -0.15) is 0 Å². The maximum atomic E-state index is 12.1. The Morgan fingerprint density at radius 2 is 2.16 bits per heavy atom. The van der Waals surface area contributed by atoms with Gasteiger partial charge in [-0.15, -0.1) is 12.4 Å². The van der Waals surface area contributed by atoms with E-state index in [-0.39, 0.29) is 24.9 Å². The van der Waals surface area contributed by atoms with Gasteiger partial charge in [0.15, 0.2) is 6.61 Å². The summed E-state index contributed by atoms with van der Waals surface area (Å²) in [4.78, 5) is 14.0. The lowest BCUT2D eigenvalue weighted by Crippen LogP contribution is -2.43.